The van der Waals surface area contributed by atoms with Crippen molar-refractivity contribution in [2.75, 3.05) is 20.2 Å². The molecule has 4 aromatic rings. The number of piperidine rings is 1. The lowest BCUT2D eigenvalue weighted by Gasteiger charge is -2.31. The summed E-state index contributed by atoms with van der Waals surface area (Å²) in [6.45, 7) is 1.19. The van der Waals surface area contributed by atoms with Gasteiger partial charge in [0.2, 0.25) is 0 Å². The van der Waals surface area contributed by atoms with E-state index >= 15 is 0 Å². The monoisotopic (exact) mass is 446 g/mol. The molecule has 33 heavy (non-hydrogen) atoms. The van der Waals surface area contributed by atoms with E-state index in [9.17, 15) is 14.0 Å². The standard InChI is InChI=1S/C25H23FN4O3/c1-33-19-6-7-22-20(14-19)21(15-27-22)16-10-12-29(13-11-16)25(32)23-8-9-24(31)30(28-23)18-4-2-17(26)3-5-18/h2-9,14-16,27H,10-13H2,1H3. The molecule has 0 spiro atoms. The van der Waals surface area contributed by atoms with E-state index in [-0.39, 0.29) is 17.2 Å². The zero-order valence-electron chi connectivity index (χ0n) is 18.1. The molecule has 2 aromatic heterocycles. The number of halogens is 1. The molecule has 0 atom stereocenters. The maximum absolute atomic E-state index is 13.2. The molecule has 1 amide bonds. The molecule has 1 N–H and O–H groups in total. The first-order valence-corrected chi connectivity index (χ1v) is 10.8. The highest BCUT2D eigenvalue weighted by atomic mass is 19.1. The number of aromatic nitrogens is 3. The topological polar surface area (TPSA) is 80.2 Å². The van der Waals surface area contributed by atoms with Crippen LogP contribution in [0.4, 0.5) is 4.39 Å². The Bertz CT molecular complexity index is 1370. The number of likely N-dealkylation sites (tertiary alicyclic amines) is 1. The Balaban J connectivity index is 1.33. The lowest BCUT2D eigenvalue weighted by atomic mass is 9.89. The number of methoxy groups -OCH3 is 1. The van der Waals surface area contributed by atoms with Gasteiger partial charge < -0.3 is 14.6 Å². The van der Waals surface area contributed by atoms with Crippen molar-refractivity contribution in [3.63, 3.8) is 0 Å². The van der Waals surface area contributed by atoms with Gasteiger partial charge in [-0.05, 0) is 72.9 Å². The lowest BCUT2D eigenvalue weighted by Crippen LogP contribution is -2.39. The number of nitrogens with one attached hydrogen (secondary N) is 1. The minimum absolute atomic E-state index is 0.189. The maximum Gasteiger partial charge on any atom is 0.274 e. The zero-order chi connectivity index (χ0) is 22.9. The highest BCUT2D eigenvalue weighted by Gasteiger charge is 2.27. The Labute approximate surface area is 189 Å². The number of hydrogen-bond acceptors (Lipinski definition) is 4. The molecule has 1 fully saturated rings. The first-order chi connectivity index (χ1) is 16.0. The fourth-order valence-electron chi connectivity index (χ4n) is 4.43. The summed E-state index contributed by atoms with van der Waals surface area (Å²) in [6, 6.07) is 14.2. The van der Waals surface area contributed by atoms with Gasteiger partial charge in [-0.15, -0.1) is 0 Å². The van der Waals surface area contributed by atoms with Crippen molar-refractivity contribution in [2.24, 2.45) is 0 Å². The molecule has 5 rings (SSSR count). The maximum atomic E-state index is 13.2. The van der Waals surface area contributed by atoms with Gasteiger partial charge in [-0.2, -0.15) is 9.78 Å². The van der Waals surface area contributed by atoms with Gasteiger partial charge in [-0.25, -0.2) is 4.39 Å². The SMILES string of the molecule is COc1ccc2[nH]cc(C3CCN(C(=O)c4ccc(=O)n(-c5ccc(F)cc5)n4)CC3)c2c1. The van der Waals surface area contributed by atoms with Crippen LogP contribution in [-0.2, 0) is 0 Å². The third-order valence-electron chi connectivity index (χ3n) is 6.23. The van der Waals surface area contributed by atoms with Crippen LogP contribution in [0.3, 0.4) is 0 Å². The summed E-state index contributed by atoms with van der Waals surface area (Å²) in [5.41, 5.74) is 2.51. The number of aromatic amines is 1. The Morgan fingerprint density at radius 2 is 1.85 bits per heavy atom. The molecule has 3 heterocycles. The van der Waals surface area contributed by atoms with Gasteiger partial charge in [-0.1, -0.05) is 0 Å². The first-order valence-electron chi connectivity index (χ1n) is 10.8. The number of carbonyl (C=O) groups is 1. The van der Waals surface area contributed by atoms with Crippen molar-refractivity contribution in [1.82, 2.24) is 19.7 Å². The van der Waals surface area contributed by atoms with Crippen molar-refractivity contribution in [1.29, 1.82) is 0 Å². The zero-order valence-corrected chi connectivity index (χ0v) is 18.1. The molecule has 0 radical (unpaired) electrons. The van der Waals surface area contributed by atoms with Gasteiger partial charge in [0.25, 0.3) is 11.5 Å². The molecule has 0 unspecified atom stereocenters. The van der Waals surface area contributed by atoms with Gasteiger partial charge in [0, 0.05) is 36.3 Å². The number of fused-ring (bicyclic) bond motifs is 1. The van der Waals surface area contributed by atoms with E-state index in [1.807, 2.05) is 24.4 Å². The van der Waals surface area contributed by atoms with E-state index < -0.39 is 5.82 Å². The summed E-state index contributed by atoms with van der Waals surface area (Å²) in [6.07, 6.45) is 3.70. The van der Waals surface area contributed by atoms with Gasteiger partial charge in [0.1, 0.15) is 17.3 Å². The van der Waals surface area contributed by atoms with E-state index in [0.717, 1.165) is 34.2 Å². The number of carbonyl (C=O) groups excluding carboxylic acids is 1. The number of nitrogens with zero attached hydrogens (tertiary/aromatic N) is 3. The Morgan fingerprint density at radius 1 is 1.09 bits per heavy atom. The second-order valence-corrected chi connectivity index (χ2v) is 8.17. The molecular weight excluding hydrogens is 423 g/mol. The molecule has 2 aromatic carbocycles. The molecule has 7 nitrogen and oxygen atoms in total. The van der Waals surface area contributed by atoms with Crippen LogP contribution in [0.25, 0.3) is 16.6 Å². The molecule has 1 aliphatic rings. The van der Waals surface area contributed by atoms with Crippen LogP contribution in [0.5, 0.6) is 5.75 Å². The average molecular weight is 446 g/mol. The van der Waals surface area contributed by atoms with Crippen LogP contribution in [0.1, 0.15) is 34.8 Å². The van der Waals surface area contributed by atoms with Crippen molar-refractivity contribution in [3.8, 4) is 11.4 Å². The Hall–Kier alpha value is -3.94. The third kappa shape index (κ3) is 4.00. The highest BCUT2D eigenvalue weighted by molar-refractivity contribution is 5.92. The minimum atomic E-state index is -0.407. The normalized spacial score (nSPS) is 14.5. The van der Waals surface area contributed by atoms with Crippen LogP contribution in [0, 0.1) is 5.82 Å². The largest absolute Gasteiger partial charge is 0.497 e. The molecule has 8 heteroatoms. The second-order valence-electron chi connectivity index (χ2n) is 8.17. The Morgan fingerprint density at radius 3 is 2.58 bits per heavy atom. The summed E-state index contributed by atoms with van der Waals surface area (Å²) >= 11 is 0. The van der Waals surface area contributed by atoms with Crippen molar-refractivity contribution in [2.45, 2.75) is 18.8 Å². The van der Waals surface area contributed by atoms with Crippen LogP contribution >= 0.6 is 0 Å². The third-order valence-corrected chi connectivity index (χ3v) is 6.23. The summed E-state index contributed by atoms with van der Waals surface area (Å²) in [5.74, 6) is 0.523. The van der Waals surface area contributed by atoms with Crippen molar-refractivity contribution < 1.29 is 13.9 Å². The fourth-order valence-corrected chi connectivity index (χ4v) is 4.43. The predicted molar refractivity (Wildman–Crippen MR) is 123 cm³/mol. The number of hydrogen-bond donors (Lipinski definition) is 1. The van der Waals surface area contributed by atoms with E-state index in [4.69, 9.17) is 4.74 Å². The predicted octanol–water partition coefficient (Wildman–Crippen LogP) is 3.88. The van der Waals surface area contributed by atoms with Gasteiger partial charge in [0.05, 0.1) is 12.8 Å². The van der Waals surface area contributed by atoms with Crippen LogP contribution in [-0.4, -0.2) is 45.8 Å². The van der Waals surface area contributed by atoms with Crippen LogP contribution in [0.15, 0.2) is 65.6 Å². The average Bonchev–Trinajstić information content (AvgIpc) is 3.28. The smallest absolute Gasteiger partial charge is 0.274 e. The number of rotatable bonds is 4. The Kier molecular flexibility index (Phi) is 5.42. The molecule has 0 saturated carbocycles. The molecule has 168 valence electrons. The van der Waals surface area contributed by atoms with E-state index in [2.05, 4.69) is 10.1 Å². The van der Waals surface area contributed by atoms with Crippen LogP contribution in [0.2, 0.25) is 0 Å². The van der Waals surface area contributed by atoms with E-state index in [1.165, 1.54) is 42.0 Å². The molecule has 0 bridgehead atoms. The lowest BCUT2D eigenvalue weighted by molar-refractivity contribution is 0.0705. The van der Waals surface area contributed by atoms with Gasteiger partial charge in [0.15, 0.2) is 0 Å². The molecule has 0 aliphatic carbocycles. The summed E-state index contributed by atoms with van der Waals surface area (Å²) < 4.78 is 19.7. The quantitative estimate of drug-likeness (QED) is 0.516. The number of amides is 1. The number of H-pyrrole nitrogens is 1. The van der Waals surface area contributed by atoms with Crippen LogP contribution < -0.4 is 10.3 Å². The minimum Gasteiger partial charge on any atom is -0.497 e. The van der Waals surface area contributed by atoms with Gasteiger partial charge in [-0.3, -0.25) is 9.59 Å². The number of benzene rings is 2. The van der Waals surface area contributed by atoms with Gasteiger partial charge >= 0.3 is 0 Å². The summed E-state index contributed by atoms with van der Waals surface area (Å²) in [4.78, 5) is 30.5. The highest BCUT2D eigenvalue weighted by Crippen LogP contribution is 2.34. The van der Waals surface area contributed by atoms with Crippen molar-refractivity contribution >= 4 is 16.8 Å². The number of ether oxygens (including phenoxy) is 1. The fraction of sp³-hybridized carbons (Fsp3) is 0.240. The molecule has 1 saturated heterocycles. The second kappa shape index (κ2) is 8.54. The van der Waals surface area contributed by atoms with Crippen molar-refractivity contribution in [3.05, 3.63) is 88.2 Å². The summed E-state index contributed by atoms with van der Waals surface area (Å²) in [7, 11) is 1.66. The van der Waals surface area contributed by atoms with E-state index in [1.54, 1.807) is 12.0 Å². The molecular formula is C25H23FN4O3. The first kappa shape index (κ1) is 20.9. The van der Waals surface area contributed by atoms with E-state index in [0.29, 0.717) is 24.7 Å². The summed E-state index contributed by atoms with van der Waals surface area (Å²) in [5, 5.41) is 5.39. The molecule has 1 aliphatic heterocycles.